The maximum atomic E-state index is 10.7. The van der Waals surface area contributed by atoms with Crippen LogP contribution >= 0.6 is 11.3 Å². The summed E-state index contributed by atoms with van der Waals surface area (Å²) in [7, 11) is 0. The van der Waals surface area contributed by atoms with E-state index in [0.717, 1.165) is 11.3 Å². The molecular formula is C14H12N4O2S. The molecule has 1 heterocycles. The molecule has 0 aliphatic rings. The van der Waals surface area contributed by atoms with E-state index in [1.54, 1.807) is 19.2 Å². The third-order valence-electron chi connectivity index (χ3n) is 2.76. The van der Waals surface area contributed by atoms with Gasteiger partial charge in [0, 0.05) is 35.1 Å². The van der Waals surface area contributed by atoms with Crippen LogP contribution in [0.15, 0.2) is 29.8 Å². The van der Waals surface area contributed by atoms with Crippen LogP contribution in [0.2, 0.25) is 0 Å². The first kappa shape index (κ1) is 14.7. The van der Waals surface area contributed by atoms with E-state index >= 15 is 0 Å². The van der Waals surface area contributed by atoms with Crippen LogP contribution in [0.25, 0.3) is 5.57 Å². The number of allylic oxidation sites excluding steroid dienone is 1. The number of aryl methyl sites for hydroxylation is 2. The van der Waals surface area contributed by atoms with Gasteiger partial charge < -0.3 is 5.32 Å². The third kappa shape index (κ3) is 3.43. The molecular weight excluding hydrogens is 288 g/mol. The molecule has 2 aromatic rings. The van der Waals surface area contributed by atoms with Crippen LogP contribution in [0.5, 0.6) is 0 Å². The molecule has 6 nitrogen and oxygen atoms in total. The fourth-order valence-corrected chi connectivity index (χ4v) is 2.46. The number of non-ortho nitro benzene ring substituents is 1. The molecule has 0 radical (unpaired) electrons. The van der Waals surface area contributed by atoms with Gasteiger partial charge in [0.05, 0.1) is 4.92 Å². The molecule has 0 aliphatic heterocycles. The van der Waals surface area contributed by atoms with Crippen molar-refractivity contribution in [2.24, 2.45) is 0 Å². The van der Waals surface area contributed by atoms with Gasteiger partial charge >= 0.3 is 0 Å². The van der Waals surface area contributed by atoms with Gasteiger partial charge in [0.1, 0.15) is 16.6 Å². The predicted octanol–water partition coefficient (Wildman–Crippen LogP) is 3.64. The summed E-state index contributed by atoms with van der Waals surface area (Å²) in [4.78, 5) is 14.5. The lowest BCUT2D eigenvalue weighted by Crippen LogP contribution is -1.95. The van der Waals surface area contributed by atoms with E-state index in [2.05, 4.69) is 16.4 Å². The molecule has 1 aromatic carbocycles. The molecule has 0 saturated heterocycles. The maximum Gasteiger partial charge on any atom is 0.269 e. The molecule has 7 heteroatoms. The Hall–Kier alpha value is -2.72. The minimum atomic E-state index is -0.439. The number of aromatic nitrogens is 1. The third-order valence-corrected chi connectivity index (χ3v) is 3.76. The second-order valence-corrected chi connectivity index (χ2v) is 5.22. The highest BCUT2D eigenvalue weighted by Gasteiger charge is 2.08. The van der Waals surface area contributed by atoms with Gasteiger partial charge in [-0.1, -0.05) is 0 Å². The fourth-order valence-electron chi connectivity index (χ4n) is 1.69. The quantitative estimate of drug-likeness (QED) is 0.528. The van der Waals surface area contributed by atoms with Gasteiger partial charge in [0.25, 0.3) is 5.69 Å². The van der Waals surface area contributed by atoms with Crippen LogP contribution in [-0.4, -0.2) is 9.91 Å². The summed E-state index contributed by atoms with van der Waals surface area (Å²) in [6.07, 6.45) is 1.56. The van der Waals surface area contributed by atoms with Crippen molar-refractivity contribution in [1.82, 2.24) is 4.98 Å². The number of benzene rings is 1. The van der Waals surface area contributed by atoms with Gasteiger partial charge in [-0.05, 0) is 25.5 Å². The van der Waals surface area contributed by atoms with Crippen molar-refractivity contribution in [3.05, 3.63) is 56.2 Å². The van der Waals surface area contributed by atoms with E-state index in [4.69, 9.17) is 0 Å². The number of thiazole rings is 1. The Kier molecular flexibility index (Phi) is 4.30. The van der Waals surface area contributed by atoms with Crippen LogP contribution in [0, 0.1) is 35.3 Å². The summed E-state index contributed by atoms with van der Waals surface area (Å²) in [6, 6.07) is 6.61. The Morgan fingerprint density at radius 1 is 1.52 bits per heavy atom. The first-order chi connectivity index (χ1) is 10.0. The van der Waals surface area contributed by atoms with Crippen molar-refractivity contribution in [1.29, 1.82) is 5.26 Å². The van der Waals surface area contributed by atoms with E-state index in [1.807, 2.05) is 12.3 Å². The van der Waals surface area contributed by atoms with Crippen LogP contribution in [0.3, 0.4) is 0 Å². The number of nitrogens with zero attached hydrogens (tertiary/aromatic N) is 3. The van der Waals surface area contributed by atoms with Crippen molar-refractivity contribution in [2.75, 3.05) is 5.32 Å². The standard InChI is InChI=1S/C14H12N4O2S/c1-9-5-12(18(19)20)3-4-13(9)16-7-11(6-15)14-17-10(2)8-21-14/h3-5,7-8,16H,1-2H3/b11-7+. The van der Waals surface area contributed by atoms with Crippen molar-refractivity contribution in [2.45, 2.75) is 13.8 Å². The highest BCUT2D eigenvalue weighted by atomic mass is 32.1. The Balaban J connectivity index is 2.23. The van der Waals surface area contributed by atoms with Gasteiger partial charge in [-0.15, -0.1) is 11.3 Å². The molecule has 2 rings (SSSR count). The summed E-state index contributed by atoms with van der Waals surface area (Å²) >= 11 is 1.40. The lowest BCUT2D eigenvalue weighted by Gasteiger charge is -2.05. The Bertz CT molecular complexity index is 759. The molecule has 0 fully saturated rings. The first-order valence-electron chi connectivity index (χ1n) is 6.05. The number of nitriles is 1. The number of hydrogen-bond donors (Lipinski definition) is 1. The topological polar surface area (TPSA) is 91.8 Å². The minimum Gasteiger partial charge on any atom is -0.360 e. The van der Waals surface area contributed by atoms with Gasteiger partial charge in [0.2, 0.25) is 0 Å². The normalized spacial score (nSPS) is 11.0. The Morgan fingerprint density at radius 2 is 2.29 bits per heavy atom. The van der Waals surface area contributed by atoms with Gasteiger partial charge in [-0.25, -0.2) is 4.98 Å². The van der Waals surface area contributed by atoms with Crippen LogP contribution in [0.1, 0.15) is 16.3 Å². The minimum absolute atomic E-state index is 0.0399. The molecule has 0 saturated carbocycles. The van der Waals surface area contributed by atoms with Crippen LogP contribution in [-0.2, 0) is 0 Å². The SMILES string of the molecule is Cc1csc(/C(C#N)=C/Nc2ccc([N+](=O)[O-])cc2C)n1. The second-order valence-electron chi connectivity index (χ2n) is 4.36. The summed E-state index contributed by atoms with van der Waals surface area (Å²) in [6.45, 7) is 3.63. The number of nitro benzene ring substituents is 1. The summed E-state index contributed by atoms with van der Waals surface area (Å²) in [5.41, 5.74) is 2.77. The molecule has 0 aliphatic carbocycles. The van der Waals surface area contributed by atoms with Crippen LogP contribution in [0.4, 0.5) is 11.4 Å². The zero-order valence-corrected chi connectivity index (χ0v) is 12.3. The zero-order chi connectivity index (χ0) is 15.4. The monoisotopic (exact) mass is 300 g/mol. The number of anilines is 1. The molecule has 1 aromatic heterocycles. The maximum absolute atomic E-state index is 10.7. The molecule has 106 valence electrons. The predicted molar refractivity (Wildman–Crippen MR) is 81.9 cm³/mol. The fraction of sp³-hybridized carbons (Fsp3) is 0.143. The van der Waals surface area contributed by atoms with Gasteiger partial charge in [-0.3, -0.25) is 10.1 Å². The zero-order valence-electron chi connectivity index (χ0n) is 11.5. The molecule has 0 bridgehead atoms. The average Bonchev–Trinajstić information content (AvgIpc) is 2.87. The number of nitrogens with one attached hydrogen (secondary N) is 1. The Morgan fingerprint density at radius 3 is 2.81 bits per heavy atom. The van der Waals surface area contributed by atoms with E-state index in [9.17, 15) is 15.4 Å². The first-order valence-corrected chi connectivity index (χ1v) is 6.93. The molecule has 0 spiro atoms. The summed E-state index contributed by atoms with van der Waals surface area (Å²) in [5.74, 6) is 0. The number of hydrogen-bond acceptors (Lipinski definition) is 6. The molecule has 0 amide bonds. The van der Waals surface area contributed by atoms with E-state index < -0.39 is 4.92 Å². The van der Waals surface area contributed by atoms with Crippen molar-refractivity contribution < 1.29 is 4.92 Å². The number of nitro groups is 1. The van der Waals surface area contributed by atoms with E-state index in [0.29, 0.717) is 16.3 Å². The molecule has 1 N–H and O–H groups in total. The average molecular weight is 300 g/mol. The van der Waals surface area contributed by atoms with Gasteiger partial charge in [0.15, 0.2) is 0 Å². The lowest BCUT2D eigenvalue weighted by molar-refractivity contribution is -0.384. The smallest absolute Gasteiger partial charge is 0.269 e. The van der Waals surface area contributed by atoms with Crippen LogP contribution < -0.4 is 5.32 Å². The van der Waals surface area contributed by atoms with E-state index in [1.165, 1.54) is 23.5 Å². The summed E-state index contributed by atoms with van der Waals surface area (Å²) in [5, 5.41) is 25.4. The highest BCUT2D eigenvalue weighted by Crippen LogP contribution is 2.23. The largest absolute Gasteiger partial charge is 0.360 e. The Labute approximate surface area is 125 Å². The second kappa shape index (κ2) is 6.15. The van der Waals surface area contributed by atoms with Crippen molar-refractivity contribution in [3.63, 3.8) is 0 Å². The van der Waals surface area contributed by atoms with Crippen molar-refractivity contribution in [3.8, 4) is 6.07 Å². The van der Waals surface area contributed by atoms with Gasteiger partial charge in [-0.2, -0.15) is 5.26 Å². The molecule has 0 atom stereocenters. The molecule has 21 heavy (non-hydrogen) atoms. The summed E-state index contributed by atoms with van der Waals surface area (Å²) < 4.78 is 0. The van der Waals surface area contributed by atoms with Crippen molar-refractivity contribution >= 4 is 28.3 Å². The number of rotatable bonds is 4. The van der Waals surface area contributed by atoms with E-state index in [-0.39, 0.29) is 5.69 Å². The highest BCUT2D eigenvalue weighted by molar-refractivity contribution is 7.10. The lowest BCUT2D eigenvalue weighted by atomic mass is 10.2. The molecule has 0 unspecified atom stereocenters.